The third-order valence-corrected chi connectivity index (χ3v) is 5.61. The zero-order valence-electron chi connectivity index (χ0n) is 17.8. The van der Waals surface area contributed by atoms with Crippen LogP contribution in [0.1, 0.15) is 23.2 Å². The molecule has 176 valence electrons. The van der Waals surface area contributed by atoms with Crippen molar-refractivity contribution < 1.29 is 37.7 Å². The number of halogens is 2. The maximum atomic E-state index is 13.9. The first-order chi connectivity index (χ1) is 15.9. The number of aliphatic hydroxyl groups excluding tert-OH is 1. The van der Waals surface area contributed by atoms with Crippen molar-refractivity contribution in [1.29, 1.82) is 0 Å². The highest BCUT2D eigenvalue weighted by atomic mass is 19.1. The highest BCUT2D eigenvalue weighted by molar-refractivity contribution is 5.94. The van der Waals surface area contributed by atoms with Gasteiger partial charge in [-0.2, -0.15) is 0 Å². The van der Waals surface area contributed by atoms with Gasteiger partial charge in [0.15, 0.2) is 11.5 Å². The Morgan fingerprint density at radius 1 is 1.12 bits per heavy atom. The fraction of sp³-hybridized carbons (Fsp3) is 0.391. The number of rotatable bonds is 7. The molecule has 2 aliphatic rings. The Balaban J connectivity index is 1.18. The number of piperidine rings is 1. The summed E-state index contributed by atoms with van der Waals surface area (Å²) < 4.78 is 43.0. The first-order valence-electron chi connectivity index (χ1n) is 10.6. The second kappa shape index (κ2) is 10.0. The molecule has 0 saturated carbocycles. The number of carbonyl (C=O) groups is 2. The number of hydrogen-bond donors (Lipinski definition) is 2. The zero-order chi connectivity index (χ0) is 23.4. The van der Waals surface area contributed by atoms with Crippen molar-refractivity contribution in [2.45, 2.75) is 18.9 Å². The summed E-state index contributed by atoms with van der Waals surface area (Å²) in [5.41, 5.74) is -0.190. The predicted molar refractivity (Wildman–Crippen MR) is 112 cm³/mol. The first-order valence-corrected chi connectivity index (χ1v) is 10.6. The average Bonchev–Trinajstić information content (AvgIpc) is 3.29. The second-order valence-corrected chi connectivity index (χ2v) is 7.92. The van der Waals surface area contributed by atoms with Crippen molar-refractivity contribution in [3.05, 3.63) is 53.6 Å². The number of nitrogens with one attached hydrogen (secondary N) is 1. The Bertz CT molecular complexity index is 1030. The Morgan fingerprint density at radius 3 is 2.64 bits per heavy atom. The SMILES string of the molecule is O=C(NCC(O)COc1ccc2c(c1)OCO2)C1CCN(C(=O)c2ccc(F)cc2F)CC1. The van der Waals surface area contributed by atoms with Crippen LogP contribution in [0.15, 0.2) is 36.4 Å². The maximum Gasteiger partial charge on any atom is 0.256 e. The lowest BCUT2D eigenvalue weighted by Gasteiger charge is -2.31. The molecule has 2 aromatic rings. The summed E-state index contributed by atoms with van der Waals surface area (Å²) >= 11 is 0. The van der Waals surface area contributed by atoms with Gasteiger partial charge in [0, 0.05) is 37.7 Å². The molecule has 0 radical (unpaired) electrons. The van der Waals surface area contributed by atoms with Crippen molar-refractivity contribution in [3.63, 3.8) is 0 Å². The smallest absolute Gasteiger partial charge is 0.256 e. The normalized spacial score (nSPS) is 16.4. The van der Waals surface area contributed by atoms with E-state index in [1.165, 1.54) is 4.90 Å². The molecule has 0 aromatic heterocycles. The average molecular weight is 462 g/mol. The fourth-order valence-corrected chi connectivity index (χ4v) is 3.76. The van der Waals surface area contributed by atoms with E-state index in [4.69, 9.17) is 14.2 Å². The molecule has 1 atom stereocenters. The highest BCUT2D eigenvalue weighted by Gasteiger charge is 2.29. The number of hydrogen-bond acceptors (Lipinski definition) is 6. The van der Waals surface area contributed by atoms with Crippen LogP contribution in [0, 0.1) is 17.6 Å². The summed E-state index contributed by atoms with van der Waals surface area (Å²) in [6, 6.07) is 7.92. The van der Waals surface area contributed by atoms with Gasteiger partial charge in [0.25, 0.3) is 5.91 Å². The van der Waals surface area contributed by atoms with Crippen LogP contribution < -0.4 is 19.5 Å². The number of fused-ring (bicyclic) bond motifs is 1. The molecule has 1 saturated heterocycles. The minimum atomic E-state index is -0.914. The third-order valence-electron chi connectivity index (χ3n) is 5.61. The molecule has 1 unspecified atom stereocenters. The number of amides is 2. The number of benzene rings is 2. The van der Waals surface area contributed by atoms with Gasteiger partial charge in [0.05, 0.1) is 5.56 Å². The van der Waals surface area contributed by atoms with Crippen molar-refractivity contribution >= 4 is 11.8 Å². The summed E-state index contributed by atoms with van der Waals surface area (Å²) in [6.07, 6.45) is -0.101. The molecule has 2 aliphatic heterocycles. The number of carbonyl (C=O) groups excluding carboxylic acids is 2. The van der Waals surface area contributed by atoms with E-state index in [-0.39, 0.29) is 50.4 Å². The molecule has 2 heterocycles. The molecular weight excluding hydrogens is 438 g/mol. The maximum absolute atomic E-state index is 13.9. The second-order valence-electron chi connectivity index (χ2n) is 7.92. The lowest BCUT2D eigenvalue weighted by atomic mass is 9.95. The molecule has 4 rings (SSSR count). The van der Waals surface area contributed by atoms with Gasteiger partial charge in [-0.05, 0) is 37.1 Å². The standard InChI is InChI=1S/C23H24F2N2O6/c24-15-1-3-18(19(25)9-15)23(30)27-7-5-14(6-8-27)22(29)26-11-16(28)12-31-17-2-4-20-21(10-17)33-13-32-20/h1-4,9-10,14,16,28H,5-8,11-13H2,(H,26,29). The Kier molecular flexibility index (Phi) is 6.93. The van der Waals surface area contributed by atoms with Crippen LogP contribution in [0.4, 0.5) is 8.78 Å². The molecule has 10 heteroatoms. The Hall–Kier alpha value is -3.40. The van der Waals surface area contributed by atoms with E-state index < -0.39 is 23.6 Å². The molecule has 1 fully saturated rings. The third kappa shape index (κ3) is 5.51. The van der Waals surface area contributed by atoms with Gasteiger partial charge < -0.3 is 29.5 Å². The molecule has 0 aliphatic carbocycles. The largest absolute Gasteiger partial charge is 0.491 e. The number of nitrogens with zero attached hydrogens (tertiary/aromatic N) is 1. The monoisotopic (exact) mass is 462 g/mol. The van der Waals surface area contributed by atoms with Gasteiger partial charge >= 0.3 is 0 Å². The number of aliphatic hydroxyl groups is 1. The number of likely N-dealkylation sites (tertiary alicyclic amines) is 1. The van der Waals surface area contributed by atoms with Crippen LogP contribution in [-0.2, 0) is 4.79 Å². The van der Waals surface area contributed by atoms with Crippen LogP contribution in [0.5, 0.6) is 17.2 Å². The molecular formula is C23H24F2N2O6. The van der Waals surface area contributed by atoms with Gasteiger partial charge in [-0.3, -0.25) is 9.59 Å². The highest BCUT2D eigenvalue weighted by Crippen LogP contribution is 2.35. The lowest BCUT2D eigenvalue weighted by molar-refractivity contribution is -0.126. The van der Waals surface area contributed by atoms with E-state index >= 15 is 0 Å². The van der Waals surface area contributed by atoms with Gasteiger partial charge in [0.1, 0.15) is 30.1 Å². The van der Waals surface area contributed by atoms with E-state index in [0.717, 1.165) is 12.1 Å². The number of ether oxygens (including phenoxy) is 3. The van der Waals surface area contributed by atoms with Gasteiger partial charge in [-0.15, -0.1) is 0 Å². The molecule has 33 heavy (non-hydrogen) atoms. The molecule has 0 bridgehead atoms. The summed E-state index contributed by atoms with van der Waals surface area (Å²) in [5.74, 6) is -1.01. The minimum absolute atomic E-state index is 0.0172. The zero-order valence-corrected chi connectivity index (χ0v) is 17.8. The molecule has 2 aromatic carbocycles. The Labute approximate surface area is 189 Å². The molecule has 2 amide bonds. The van der Waals surface area contributed by atoms with E-state index in [0.29, 0.717) is 36.2 Å². The summed E-state index contributed by atoms with van der Waals surface area (Å²) in [4.78, 5) is 26.4. The van der Waals surface area contributed by atoms with Gasteiger partial charge in [-0.25, -0.2) is 8.78 Å². The lowest BCUT2D eigenvalue weighted by Crippen LogP contribution is -2.45. The summed E-state index contributed by atoms with van der Waals surface area (Å²) in [5, 5.41) is 12.8. The molecule has 0 spiro atoms. The van der Waals surface area contributed by atoms with Crippen molar-refractivity contribution in [2.24, 2.45) is 5.92 Å². The van der Waals surface area contributed by atoms with E-state index in [1.807, 2.05) is 0 Å². The molecule has 2 N–H and O–H groups in total. The van der Waals surface area contributed by atoms with Crippen LogP contribution in [0.2, 0.25) is 0 Å². The first kappa shape index (κ1) is 22.8. The van der Waals surface area contributed by atoms with Crippen molar-refractivity contribution in [3.8, 4) is 17.2 Å². The van der Waals surface area contributed by atoms with Gasteiger partial charge in [0.2, 0.25) is 12.7 Å². The van der Waals surface area contributed by atoms with Crippen LogP contribution in [0.25, 0.3) is 0 Å². The van der Waals surface area contributed by atoms with E-state index in [1.54, 1.807) is 18.2 Å². The summed E-state index contributed by atoms with van der Waals surface area (Å²) in [7, 11) is 0. The van der Waals surface area contributed by atoms with Crippen LogP contribution >= 0.6 is 0 Å². The van der Waals surface area contributed by atoms with Crippen LogP contribution in [-0.4, -0.2) is 61.0 Å². The molecule has 8 nitrogen and oxygen atoms in total. The topological polar surface area (TPSA) is 97.3 Å². The fourth-order valence-electron chi connectivity index (χ4n) is 3.76. The van der Waals surface area contributed by atoms with Crippen molar-refractivity contribution in [1.82, 2.24) is 10.2 Å². The quantitative estimate of drug-likeness (QED) is 0.654. The predicted octanol–water partition coefficient (Wildman–Crippen LogP) is 2.10. The summed E-state index contributed by atoms with van der Waals surface area (Å²) in [6.45, 7) is 0.718. The van der Waals surface area contributed by atoms with E-state index in [9.17, 15) is 23.5 Å². The van der Waals surface area contributed by atoms with E-state index in [2.05, 4.69) is 5.32 Å². The minimum Gasteiger partial charge on any atom is -0.491 e. The Morgan fingerprint density at radius 2 is 1.88 bits per heavy atom. The van der Waals surface area contributed by atoms with Crippen LogP contribution in [0.3, 0.4) is 0 Å². The van der Waals surface area contributed by atoms with Crippen molar-refractivity contribution in [2.75, 3.05) is 33.0 Å². The van der Waals surface area contributed by atoms with Gasteiger partial charge in [-0.1, -0.05) is 0 Å².